The maximum absolute atomic E-state index is 12.3. The van der Waals surface area contributed by atoms with E-state index >= 15 is 0 Å². The van der Waals surface area contributed by atoms with Gasteiger partial charge in [0.2, 0.25) is 0 Å². The third kappa shape index (κ3) is 4.49. The molecule has 0 fully saturated rings. The van der Waals surface area contributed by atoms with Crippen molar-refractivity contribution in [3.8, 4) is 5.75 Å². The average molecular weight is 365 g/mol. The molecule has 0 bridgehead atoms. The van der Waals surface area contributed by atoms with E-state index in [4.69, 9.17) is 17.0 Å². The third-order valence-corrected chi connectivity index (χ3v) is 4.16. The van der Waals surface area contributed by atoms with Gasteiger partial charge in [-0.2, -0.15) is 0 Å². The molecule has 1 amide bonds. The first kappa shape index (κ1) is 17.7. The van der Waals surface area contributed by atoms with E-state index in [1.165, 1.54) is 0 Å². The Morgan fingerprint density at radius 2 is 1.69 bits per heavy atom. The van der Waals surface area contributed by atoms with Crippen LogP contribution in [0, 0.1) is 0 Å². The minimum absolute atomic E-state index is 0.246. The van der Waals surface area contributed by atoms with E-state index in [2.05, 4.69) is 16.2 Å². The number of fused-ring (bicyclic) bond motifs is 1. The molecule has 3 N–H and O–H groups in total. The number of hydrazine groups is 1. The van der Waals surface area contributed by atoms with Crippen LogP contribution < -0.4 is 20.9 Å². The van der Waals surface area contributed by atoms with Crippen LogP contribution in [-0.2, 0) is 6.54 Å². The first-order valence-corrected chi connectivity index (χ1v) is 8.52. The van der Waals surface area contributed by atoms with Crippen LogP contribution in [0.25, 0.3) is 10.8 Å². The molecule has 0 radical (unpaired) electrons. The zero-order chi connectivity index (χ0) is 18.4. The van der Waals surface area contributed by atoms with E-state index in [0.29, 0.717) is 17.2 Å². The van der Waals surface area contributed by atoms with Gasteiger partial charge in [-0.05, 0) is 52.8 Å². The minimum atomic E-state index is -0.246. The Hall–Kier alpha value is -3.12. The summed E-state index contributed by atoms with van der Waals surface area (Å²) in [4.78, 5) is 12.3. The number of methoxy groups -OCH3 is 1. The van der Waals surface area contributed by atoms with E-state index in [9.17, 15) is 4.79 Å². The molecule has 0 atom stereocenters. The van der Waals surface area contributed by atoms with Crippen molar-refractivity contribution in [3.05, 3.63) is 77.9 Å². The molecule has 0 aliphatic carbocycles. The summed E-state index contributed by atoms with van der Waals surface area (Å²) in [7, 11) is 1.63. The minimum Gasteiger partial charge on any atom is -0.497 e. The quantitative estimate of drug-likeness (QED) is 0.490. The SMILES string of the molecule is COc1ccc(CNC(=S)NNC(=O)c2ccc3ccccc3c2)cc1. The van der Waals surface area contributed by atoms with Gasteiger partial charge < -0.3 is 10.1 Å². The van der Waals surface area contributed by atoms with Gasteiger partial charge in [0, 0.05) is 12.1 Å². The maximum Gasteiger partial charge on any atom is 0.269 e. The predicted octanol–water partition coefficient (Wildman–Crippen LogP) is 3.16. The highest BCUT2D eigenvalue weighted by Crippen LogP contribution is 2.15. The van der Waals surface area contributed by atoms with Crippen LogP contribution in [0.2, 0.25) is 0 Å². The summed E-state index contributed by atoms with van der Waals surface area (Å²) in [5.74, 6) is 0.557. The van der Waals surface area contributed by atoms with Crippen molar-refractivity contribution in [2.75, 3.05) is 7.11 Å². The number of carbonyl (C=O) groups is 1. The van der Waals surface area contributed by atoms with Gasteiger partial charge in [-0.3, -0.25) is 15.6 Å². The normalized spacial score (nSPS) is 10.2. The lowest BCUT2D eigenvalue weighted by atomic mass is 10.1. The van der Waals surface area contributed by atoms with Gasteiger partial charge >= 0.3 is 0 Å². The molecule has 132 valence electrons. The molecule has 0 saturated carbocycles. The zero-order valence-corrected chi connectivity index (χ0v) is 15.1. The van der Waals surface area contributed by atoms with E-state index < -0.39 is 0 Å². The van der Waals surface area contributed by atoms with Gasteiger partial charge in [0.05, 0.1) is 7.11 Å². The fraction of sp³-hybridized carbons (Fsp3) is 0.100. The summed E-state index contributed by atoms with van der Waals surface area (Å²) in [5.41, 5.74) is 6.94. The van der Waals surface area contributed by atoms with Gasteiger partial charge in [0.15, 0.2) is 5.11 Å². The highest BCUT2D eigenvalue weighted by atomic mass is 32.1. The fourth-order valence-electron chi connectivity index (χ4n) is 2.49. The molecule has 3 rings (SSSR count). The van der Waals surface area contributed by atoms with Crippen LogP contribution in [0.1, 0.15) is 15.9 Å². The second kappa shape index (κ2) is 8.31. The maximum atomic E-state index is 12.3. The molecule has 26 heavy (non-hydrogen) atoms. The van der Waals surface area contributed by atoms with Crippen LogP contribution >= 0.6 is 12.2 Å². The number of ether oxygens (including phenoxy) is 1. The van der Waals surface area contributed by atoms with Gasteiger partial charge in [-0.15, -0.1) is 0 Å². The molecule has 0 aromatic heterocycles. The van der Waals surface area contributed by atoms with Crippen molar-refractivity contribution in [1.29, 1.82) is 0 Å². The van der Waals surface area contributed by atoms with Gasteiger partial charge in [-0.25, -0.2) is 0 Å². The number of thiocarbonyl (C=S) groups is 1. The van der Waals surface area contributed by atoms with E-state index in [1.54, 1.807) is 13.2 Å². The van der Waals surface area contributed by atoms with E-state index in [0.717, 1.165) is 22.1 Å². The molecular formula is C20H19N3O2S. The van der Waals surface area contributed by atoms with Gasteiger partial charge in [-0.1, -0.05) is 42.5 Å². The zero-order valence-electron chi connectivity index (χ0n) is 14.3. The third-order valence-electron chi connectivity index (χ3n) is 3.91. The fourth-order valence-corrected chi connectivity index (χ4v) is 2.61. The van der Waals surface area contributed by atoms with Gasteiger partial charge in [0.25, 0.3) is 5.91 Å². The highest BCUT2D eigenvalue weighted by Gasteiger charge is 2.06. The Bertz CT molecular complexity index is 926. The van der Waals surface area contributed by atoms with E-state index in [1.807, 2.05) is 60.7 Å². The first-order valence-electron chi connectivity index (χ1n) is 8.11. The first-order chi connectivity index (χ1) is 12.7. The van der Waals surface area contributed by atoms with Gasteiger partial charge in [0.1, 0.15) is 5.75 Å². The molecule has 3 aromatic rings. The predicted molar refractivity (Wildman–Crippen MR) is 107 cm³/mol. The number of amides is 1. The molecule has 3 aromatic carbocycles. The molecule has 0 saturated heterocycles. The lowest BCUT2D eigenvalue weighted by Crippen LogP contribution is -2.46. The topological polar surface area (TPSA) is 62.4 Å². The van der Waals surface area contributed by atoms with Crippen LogP contribution in [-0.4, -0.2) is 18.1 Å². The molecule has 5 nitrogen and oxygen atoms in total. The Morgan fingerprint density at radius 3 is 2.42 bits per heavy atom. The number of benzene rings is 3. The largest absolute Gasteiger partial charge is 0.497 e. The Morgan fingerprint density at radius 1 is 0.962 bits per heavy atom. The lowest BCUT2D eigenvalue weighted by Gasteiger charge is -2.12. The summed E-state index contributed by atoms with van der Waals surface area (Å²) in [5, 5.41) is 5.49. The van der Waals surface area contributed by atoms with Crippen LogP contribution in [0.5, 0.6) is 5.75 Å². The van der Waals surface area contributed by atoms with E-state index in [-0.39, 0.29) is 5.91 Å². The van der Waals surface area contributed by atoms with Crippen molar-refractivity contribution < 1.29 is 9.53 Å². The van der Waals surface area contributed by atoms with Crippen molar-refractivity contribution in [1.82, 2.24) is 16.2 Å². The molecule has 0 unspecified atom stereocenters. The van der Waals surface area contributed by atoms with Crippen LogP contribution in [0.15, 0.2) is 66.7 Å². The molecule has 0 heterocycles. The summed E-state index contributed by atoms with van der Waals surface area (Å²) >= 11 is 5.19. The second-order valence-corrected chi connectivity index (χ2v) is 6.08. The summed E-state index contributed by atoms with van der Waals surface area (Å²) in [6.45, 7) is 0.543. The molecule has 6 heteroatoms. The monoisotopic (exact) mass is 365 g/mol. The Labute approximate surface area is 157 Å². The summed E-state index contributed by atoms with van der Waals surface area (Å²) in [6, 6.07) is 21.1. The standard InChI is InChI=1S/C20H19N3O2S/c1-25-18-10-6-14(7-11-18)13-21-20(26)23-22-19(24)17-9-8-15-4-2-3-5-16(15)12-17/h2-12H,13H2,1H3,(H,22,24)(H2,21,23,26). The Kier molecular flexibility index (Phi) is 5.66. The smallest absolute Gasteiger partial charge is 0.269 e. The van der Waals surface area contributed by atoms with Crippen molar-refractivity contribution >= 4 is 34.0 Å². The number of hydrogen-bond donors (Lipinski definition) is 3. The number of hydrogen-bond acceptors (Lipinski definition) is 3. The number of carbonyl (C=O) groups excluding carboxylic acids is 1. The molecule has 0 spiro atoms. The Balaban J connectivity index is 1.50. The summed E-state index contributed by atoms with van der Waals surface area (Å²) in [6.07, 6.45) is 0. The van der Waals surface area contributed by atoms with Crippen molar-refractivity contribution in [3.63, 3.8) is 0 Å². The second-order valence-electron chi connectivity index (χ2n) is 5.67. The summed E-state index contributed by atoms with van der Waals surface area (Å²) < 4.78 is 5.12. The van der Waals surface area contributed by atoms with Crippen molar-refractivity contribution in [2.45, 2.75) is 6.54 Å². The average Bonchev–Trinajstić information content (AvgIpc) is 2.70. The van der Waals surface area contributed by atoms with Crippen LogP contribution in [0.3, 0.4) is 0 Å². The molecule has 0 aliphatic rings. The number of nitrogens with one attached hydrogen (secondary N) is 3. The van der Waals surface area contributed by atoms with Crippen LogP contribution in [0.4, 0.5) is 0 Å². The van der Waals surface area contributed by atoms with Crippen molar-refractivity contribution in [2.24, 2.45) is 0 Å². The molecular weight excluding hydrogens is 346 g/mol. The molecule has 0 aliphatic heterocycles. The highest BCUT2D eigenvalue weighted by molar-refractivity contribution is 7.80. The lowest BCUT2D eigenvalue weighted by molar-refractivity contribution is 0.0944. The number of rotatable bonds is 4.